The molecule has 1 amide bonds. The van der Waals surface area contributed by atoms with Crippen molar-refractivity contribution in [3.63, 3.8) is 0 Å². The van der Waals surface area contributed by atoms with Gasteiger partial charge in [0.15, 0.2) is 0 Å². The minimum atomic E-state index is -0.443. The molecule has 0 fully saturated rings. The second-order valence-corrected chi connectivity index (χ2v) is 7.01. The molecule has 3 unspecified atom stereocenters. The van der Waals surface area contributed by atoms with Crippen LogP contribution in [0.2, 0.25) is 0 Å². The smallest absolute Gasteiger partial charge is 0.407 e. The predicted molar refractivity (Wildman–Crippen MR) is 89.6 cm³/mol. The van der Waals surface area contributed by atoms with Crippen LogP contribution in [0.3, 0.4) is 0 Å². The molecule has 0 aliphatic carbocycles. The van der Waals surface area contributed by atoms with Crippen molar-refractivity contribution in [2.45, 2.75) is 91.8 Å². The topological polar surface area (TPSA) is 50.4 Å². The van der Waals surface area contributed by atoms with Crippen LogP contribution in [0.5, 0.6) is 0 Å². The van der Waals surface area contributed by atoms with Crippen LogP contribution in [0.1, 0.15) is 74.1 Å². The van der Waals surface area contributed by atoms with E-state index in [9.17, 15) is 4.79 Å². The van der Waals surface area contributed by atoms with Gasteiger partial charge in [-0.1, -0.05) is 34.1 Å². The van der Waals surface area contributed by atoms with Gasteiger partial charge in [-0.25, -0.2) is 4.79 Å². The summed E-state index contributed by atoms with van der Waals surface area (Å²) in [5.74, 6) is 0.735. The zero-order chi connectivity index (χ0) is 16.5. The molecule has 0 aliphatic heterocycles. The minimum absolute atomic E-state index is 0.298. The molecule has 21 heavy (non-hydrogen) atoms. The number of ether oxygens (including phenoxy) is 1. The van der Waals surface area contributed by atoms with E-state index >= 15 is 0 Å². The van der Waals surface area contributed by atoms with Gasteiger partial charge in [0.25, 0.3) is 0 Å². The van der Waals surface area contributed by atoms with Gasteiger partial charge in [-0.2, -0.15) is 0 Å². The van der Waals surface area contributed by atoms with Crippen molar-refractivity contribution in [1.82, 2.24) is 10.6 Å². The molecule has 4 nitrogen and oxygen atoms in total. The van der Waals surface area contributed by atoms with Crippen LogP contribution in [-0.4, -0.2) is 30.3 Å². The van der Waals surface area contributed by atoms with E-state index in [2.05, 4.69) is 38.3 Å². The lowest BCUT2D eigenvalue weighted by atomic mass is 9.97. The van der Waals surface area contributed by atoms with Gasteiger partial charge in [-0.05, 0) is 46.0 Å². The molecule has 4 heteroatoms. The summed E-state index contributed by atoms with van der Waals surface area (Å²) in [4.78, 5) is 11.7. The molecule has 0 bridgehead atoms. The first-order valence-corrected chi connectivity index (χ1v) is 8.44. The first kappa shape index (κ1) is 20.2. The highest BCUT2D eigenvalue weighted by molar-refractivity contribution is 5.67. The number of carbonyl (C=O) groups excluding carboxylic acids is 1. The minimum Gasteiger partial charge on any atom is -0.444 e. The van der Waals surface area contributed by atoms with Crippen LogP contribution in [0.15, 0.2) is 0 Å². The third-order valence-electron chi connectivity index (χ3n) is 3.73. The SMILES string of the molecule is CCC(C)CC(CC)NC(CC)CNC(=O)OC(C)(C)C. The Hall–Kier alpha value is -0.770. The number of nitrogens with one attached hydrogen (secondary N) is 2. The molecule has 0 radical (unpaired) electrons. The quantitative estimate of drug-likeness (QED) is 0.674. The Kier molecular flexibility index (Phi) is 9.67. The average Bonchev–Trinajstić information content (AvgIpc) is 2.39. The van der Waals surface area contributed by atoms with Crippen LogP contribution < -0.4 is 10.6 Å². The number of hydrogen-bond donors (Lipinski definition) is 2. The molecule has 3 atom stereocenters. The maximum Gasteiger partial charge on any atom is 0.407 e. The Balaban J connectivity index is 4.22. The molecular weight excluding hydrogens is 264 g/mol. The van der Waals surface area contributed by atoms with Gasteiger partial charge < -0.3 is 15.4 Å². The number of hydrogen-bond acceptors (Lipinski definition) is 3. The normalized spacial score (nSPS) is 16.1. The highest BCUT2D eigenvalue weighted by Gasteiger charge is 2.18. The standard InChI is InChI=1S/C17H36N2O2/c1-8-13(4)11-14(9-2)19-15(10-3)12-18-16(20)21-17(5,6)7/h13-15,19H,8-12H2,1-7H3,(H,18,20). The molecular formula is C17H36N2O2. The maximum absolute atomic E-state index is 11.7. The van der Waals surface area contributed by atoms with Crippen molar-refractivity contribution >= 4 is 6.09 Å². The van der Waals surface area contributed by atoms with E-state index in [4.69, 9.17) is 4.74 Å². The van der Waals surface area contributed by atoms with Crippen LogP contribution in [0, 0.1) is 5.92 Å². The number of amides is 1. The highest BCUT2D eigenvalue weighted by atomic mass is 16.6. The van der Waals surface area contributed by atoms with Crippen molar-refractivity contribution in [1.29, 1.82) is 0 Å². The first-order valence-electron chi connectivity index (χ1n) is 8.44. The van der Waals surface area contributed by atoms with E-state index in [0.29, 0.717) is 18.6 Å². The third kappa shape index (κ3) is 10.6. The Morgan fingerprint density at radius 2 is 1.62 bits per heavy atom. The second-order valence-electron chi connectivity index (χ2n) is 7.01. The molecule has 0 saturated heterocycles. The van der Waals surface area contributed by atoms with E-state index < -0.39 is 5.60 Å². The molecule has 0 spiro atoms. The molecule has 0 aromatic heterocycles. The summed E-state index contributed by atoms with van der Waals surface area (Å²) in [6.45, 7) is 15.1. The van der Waals surface area contributed by atoms with Crippen LogP contribution in [-0.2, 0) is 4.74 Å². The second kappa shape index (κ2) is 10.0. The first-order chi connectivity index (χ1) is 9.71. The zero-order valence-electron chi connectivity index (χ0n) is 15.1. The fraction of sp³-hybridized carbons (Fsp3) is 0.941. The third-order valence-corrected chi connectivity index (χ3v) is 3.73. The Labute approximate surface area is 131 Å². The average molecular weight is 300 g/mol. The molecule has 0 heterocycles. The Morgan fingerprint density at radius 3 is 2.05 bits per heavy atom. The summed E-state index contributed by atoms with van der Waals surface area (Å²) in [7, 11) is 0. The molecule has 2 N–H and O–H groups in total. The Bertz CT molecular complexity index is 287. The van der Waals surface area contributed by atoms with Gasteiger partial charge in [0.2, 0.25) is 0 Å². The molecule has 0 rings (SSSR count). The van der Waals surface area contributed by atoms with E-state index in [0.717, 1.165) is 18.8 Å². The fourth-order valence-electron chi connectivity index (χ4n) is 2.18. The lowest BCUT2D eigenvalue weighted by Gasteiger charge is -2.27. The lowest BCUT2D eigenvalue weighted by Crippen LogP contribution is -2.46. The van der Waals surface area contributed by atoms with Crippen LogP contribution >= 0.6 is 0 Å². The Morgan fingerprint density at radius 1 is 1.05 bits per heavy atom. The molecule has 0 aliphatic rings. The van der Waals surface area contributed by atoms with Crippen molar-refractivity contribution in [2.24, 2.45) is 5.92 Å². The number of alkyl carbamates (subject to hydrolysis) is 1. The van der Waals surface area contributed by atoms with E-state index in [1.165, 1.54) is 12.8 Å². The highest BCUT2D eigenvalue weighted by Crippen LogP contribution is 2.13. The van der Waals surface area contributed by atoms with Gasteiger partial charge in [0, 0.05) is 18.6 Å². The predicted octanol–water partition coefficient (Wildman–Crippen LogP) is 4.09. The van der Waals surface area contributed by atoms with Crippen LogP contribution in [0.4, 0.5) is 4.79 Å². The maximum atomic E-state index is 11.7. The molecule has 0 aromatic carbocycles. The van der Waals surface area contributed by atoms with Crippen molar-refractivity contribution in [3.8, 4) is 0 Å². The van der Waals surface area contributed by atoms with Gasteiger partial charge in [-0.3, -0.25) is 0 Å². The molecule has 126 valence electrons. The lowest BCUT2D eigenvalue weighted by molar-refractivity contribution is 0.0521. The van der Waals surface area contributed by atoms with Crippen molar-refractivity contribution in [3.05, 3.63) is 0 Å². The summed E-state index contributed by atoms with van der Waals surface area (Å²) < 4.78 is 5.27. The van der Waals surface area contributed by atoms with Gasteiger partial charge >= 0.3 is 6.09 Å². The van der Waals surface area contributed by atoms with Crippen molar-refractivity contribution in [2.75, 3.05) is 6.54 Å². The van der Waals surface area contributed by atoms with Gasteiger partial charge in [0.05, 0.1) is 0 Å². The summed E-state index contributed by atoms with van der Waals surface area (Å²) >= 11 is 0. The molecule has 0 saturated carbocycles. The largest absolute Gasteiger partial charge is 0.444 e. The summed E-state index contributed by atoms with van der Waals surface area (Å²) in [5, 5.41) is 6.53. The summed E-state index contributed by atoms with van der Waals surface area (Å²) in [5.41, 5.74) is -0.443. The van der Waals surface area contributed by atoms with E-state index in [-0.39, 0.29) is 6.09 Å². The zero-order valence-corrected chi connectivity index (χ0v) is 15.1. The monoisotopic (exact) mass is 300 g/mol. The van der Waals surface area contributed by atoms with E-state index in [1.807, 2.05) is 20.8 Å². The van der Waals surface area contributed by atoms with Crippen LogP contribution in [0.25, 0.3) is 0 Å². The molecule has 0 aromatic rings. The van der Waals surface area contributed by atoms with E-state index in [1.54, 1.807) is 0 Å². The summed E-state index contributed by atoms with van der Waals surface area (Å²) in [6.07, 6.45) is 4.18. The number of carbonyl (C=O) groups is 1. The summed E-state index contributed by atoms with van der Waals surface area (Å²) in [6, 6.07) is 0.817. The van der Waals surface area contributed by atoms with Gasteiger partial charge in [-0.15, -0.1) is 0 Å². The van der Waals surface area contributed by atoms with Gasteiger partial charge in [0.1, 0.15) is 5.60 Å². The number of rotatable bonds is 9. The fourth-order valence-corrected chi connectivity index (χ4v) is 2.18. The van der Waals surface area contributed by atoms with Crippen molar-refractivity contribution < 1.29 is 9.53 Å².